The number of carbonyl (C=O) groups is 1. The summed E-state index contributed by atoms with van der Waals surface area (Å²) >= 11 is 0. The van der Waals surface area contributed by atoms with Gasteiger partial charge >= 0.3 is 0 Å². The molecule has 126 valence electrons. The minimum atomic E-state index is -0.508. The number of amidine groups is 1. The van der Waals surface area contributed by atoms with Crippen LogP contribution in [0, 0.1) is 5.41 Å². The molecule has 1 atom stereocenters. The van der Waals surface area contributed by atoms with Crippen molar-refractivity contribution in [3.05, 3.63) is 66.0 Å². The van der Waals surface area contributed by atoms with E-state index in [1.165, 1.54) is 0 Å². The van der Waals surface area contributed by atoms with Crippen LogP contribution < -0.4 is 4.57 Å². The second-order valence-corrected chi connectivity index (χ2v) is 6.59. The Bertz CT molecular complexity index is 935. The lowest BCUT2D eigenvalue weighted by Crippen LogP contribution is -2.38. The molecule has 2 heterocycles. The van der Waals surface area contributed by atoms with E-state index in [4.69, 9.17) is 5.41 Å². The third-order valence-electron chi connectivity index (χ3n) is 5.05. The molecule has 1 aliphatic heterocycles. The van der Waals surface area contributed by atoms with Gasteiger partial charge in [0.15, 0.2) is 22.7 Å². The van der Waals surface area contributed by atoms with Crippen LogP contribution >= 0.6 is 0 Å². The molecule has 0 aliphatic carbocycles. The van der Waals surface area contributed by atoms with Gasteiger partial charge in [0.2, 0.25) is 0 Å². The number of aryl methyl sites for hydroxylation is 2. The second-order valence-electron chi connectivity index (χ2n) is 6.59. The van der Waals surface area contributed by atoms with Crippen LogP contribution in [0.5, 0.6) is 0 Å². The minimum Gasteiger partial charge on any atom is -0.348 e. The summed E-state index contributed by atoms with van der Waals surface area (Å²) in [4.78, 5) is 14.6. The Morgan fingerprint density at radius 3 is 2.52 bits per heavy atom. The predicted molar refractivity (Wildman–Crippen MR) is 96.4 cm³/mol. The molecule has 25 heavy (non-hydrogen) atoms. The Labute approximate surface area is 146 Å². The van der Waals surface area contributed by atoms with Crippen molar-refractivity contribution < 1.29 is 9.36 Å². The van der Waals surface area contributed by atoms with Crippen molar-refractivity contribution in [3.63, 3.8) is 0 Å². The van der Waals surface area contributed by atoms with Crippen molar-refractivity contribution in [1.29, 1.82) is 5.41 Å². The number of likely N-dealkylation sites (tertiary alicyclic amines) is 1. The summed E-state index contributed by atoms with van der Waals surface area (Å²) in [6.07, 6.45) is 0. The number of nitrogens with zero attached hydrogens (tertiary/aromatic N) is 3. The zero-order valence-electron chi connectivity index (χ0n) is 14.4. The number of aromatic nitrogens is 2. The van der Waals surface area contributed by atoms with Crippen molar-refractivity contribution in [2.45, 2.75) is 12.5 Å². The molecule has 0 spiro atoms. The van der Waals surface area contributed by atoms with Gasteiger partial charge in [0.1, 0.15) is 5.84 Å². The zero-order valence-corrected chi connectivity index (χ0v) is 14.4. The summed E-state index contributed by atoms with van der Waals surface area (Å²) in [5.74, 6) is 0.829. The molecule has 0 saturated carbocycles. The van der Waals surface area contributed by atoms with E-state index in [1.807, 2.05) is 82.7 Å². The van der Waals surface area contributed by atoms with Crippen LogP contribution in [-0.2, 0) is 25.4 Å². The van der Waals surface area contributed by atoms with E-state index in [2.05, 4.69) is 0 Å². The van der Waals surface area contributed by atoms with E-state index in [9.17, 15) is 4.79 Å². The molecule has 1 aliphatic rings. The normalized spacial score (nSPS) is 17.7. The predicted octanol–water partition coefficient (Wildman–Crippen LogP) is 2.15. The first kappa shape index (κ1) is 15.6. The maximum absolute atomic E-state index is 12.8. The van der Waals surface area contributed by atoms with Gasteiger partial charge in [-0.25, -0.2) is 9.13 Å². The molecule has 1 saturated heterocycles. The van der Waals surface area contributed by atoms with Gasteiger partial charge in [0, 0.05) is 6.54 Å². The molecule has 4 rings (SSSR count). The van der Waals surface area contributed by atoms with Crippen molar-refractivity contribution in [2.24, 2.45) is 14.1 Å². The van der Waals surface area contributed by atoms with Crippen molar-refractivity contribution in [3.8, 4) is 0 Å². The number of benzene rings is 2. The van der Waals surface area contributed by atoms with Gasteiger partial charge in [-0.3, -0.25) is 10.2 Å². The number of rotatable bonds is 3. The van der Waals surface area contributed by atoms with Gasteiger partial charge in [0.25, 0.3) is 5.82 Å². The second kappa shape index (κ2) is 5.84. The molecule has 5 heteroatoms. The standard InChI is InChI=1S/C20H21N4O/c1-22-15-10-6-7-11-16(15)23(2)20(22)18-17(25)13-24(19(18)21)12-14-8-4-3-5-9-14/h3-11,18,21H,12-13H2,1-2H3/q+1. The number of Topliss-reactive ketones (excluding diaryl/α,β-unsaturated/α-hetero) is 1. The molecule has 0 bridgehead atoms. The van der Waals surface area contributed by atoms with E-state index < -0.39 is 5.92 Å². The molecule has 0 radical (unpaired) electrons. The first-order chi connectivity index (χ1) is 12.1. The molecule has 1 aromatic heterocycles. The Morgan fingerprint density at radius 2 is 1.80 bits per heavy atom. The fourth-order valence-corrected chi connectivity index (χ4v) is 3.80. The van der Waals surface area contributed by atoms with Crippen LogP contribution in [-0.4, -0.2) is 27.6 Å². The largest absolute Gasteiger partial charge is 0.348 e. The molecule has 1 N–H and O–H groups in total. The highest BCUT2D eigenvalue weighted by molar-refractivity contribution is 6.13. The highest BCUT2D eigenvalue weighted by atomic mass is 16.1. The molecular weight excluding hydrogens is 312 g/mol. The van der Waals surface area contributed by atoms with E-state index in [0.717, 1.165) is 22.4 Å². The lowest BCUT2D eigenvalue weighted by Gasteiger charge is -2.17. The molecule has 1 fully saturated rings. The van der Waals surface area contributed by atoms with E-state index in [0.29, 0.717) is 18.9 Å². The summed E-state index contributed by atoms with van der Waals surface area (Å²) in [6.45, 7) is 0.884. The smallest absolute Gasteiger partial charge is 0.275 e. The number of hydrogen-bond donors (Lipinski definition) is 1. The number of imidazole rings is 1. The minimum absolute atomic E-state index is 0.0856. The Morgan fingerprint density at radius 1 is 1.12 bits per heavy atom. The van der Waals surface area contributed by atoms with E-state index >= 15 is 0 Å². The molecule has 0 amide bonds. The number of para-hydroxylation sites is 2. The summed E-state index contributed by atoms with van der Waals surface area (Å²) < 4.78 is 4.08. The lowest BCUT2D eigenvalue weighted by molar-refractivity contribution is -0.653. The van der Waals surface area contributed by atoms with Crippen LogP contribution in [0.3, 0.4) is 0 Å². The Kier molecular flexibility index (Phi) is 3.64. The quantitative estimate of drug-likeness (QED) is 0.747. The summed E-state index contributed by atoms with van der Waals surface area (Å²) in [7, 11) is 3.94. The highest BCUT2D eigenvalue weighted by Gasteiger charge is 2.44. The third kappa shape index (κ3) is 2.43. The number of hydrogen-bond acceptors (Lipinski definition) is 2. The average molecular weight is 333 g/mol. The molecule has 5 nitrogen and oxygen atoms in total. The summed E-state index contributed by atoms with van der Waals surface area (Å²) in [6, 6.07) is 18.1. The summed E-state index contributed by atoms with van der Waals surface area (Å²) in [5.41, 5.74) is 3.26. The first-order valence-electron chi connectivity index (χ1n) is 8.41. The Hall–Kier alpha value is -2.95. The van der Waals surface area contributed by atoms with Crippen LogP contribution in [0.15, 0.2) is 54.6 Å². The average Bonchev–Trinajstić information content (AvgIpc) is 3.03. The first-order valence-corrected chi connectivity index (χ1v) is 8.41. The third-order valence-corrected chi connectivity index (χ3v) is 5.05. The fraction of sp³-hybridized carbons (Fsp3) is 0.250. The fourth-order valence-electron chi connectivity index (χ4n) is 3.80. The highest BCUT2D eigenvalue weighted by Crippen LogP contribution is 2.27. The van der Waals surface area contributed by atoms with Crippen LogP contribution in [0.2, 0.25) is 0 Å². The van der Waals surface area contributed by atoms with E-state index in [-0.39, 0.29) is 5.78 Å². The van der Waals surface area contributed by atoms with Gasteiger partial charge < -0.3 is 4.90 Å². The van der Waals surface area contributed by atoms with Crippen molar-refractivity contribution in [2.75, 3.05) is 6.54 Å². The van der Waals surface area contributed by atoms with Crippen LogP contribution in [0.1, 0.15) is 17.3 Å². The molecule has 2 aromatic carbocycles. The number of carbonyl (C=O) groups excluding carboxylic acids is 1. The van der Waals surface area contributed by atoms with Gasteiger partial charge in [-0.15, -0.1) is 0 Å². The van der Waals surface area contributed by atoms with Crippen LogP contribution in [0.25, 0.3) is 11.0 Å². The molecule has 1 unspecified atom stereocenters. The van der Waals surface area contributed by atoms with E-state index in [1.54, 1.807) is 0 Å². The summed E-state index contributed by atoms with van der Waals surface area (Å²) in [5, 5.41) is 8.63. The number of fused-ring (bicyclic) bond motifs is 1. The van der Waals surface area contributed by atoms with Gasteiger partial charge in [-0.05, 0) is 17.7 Å². The Balaban J connectivity index is 1.72. The maximum Gasteiger partial charge on any atom is 0.275 e. The van der Waals surface area contributed by atoms with Gasteiger partial charge in [-0.1, -0.05) is 42.5 Å². The zero-order chi connectivity index (χ0) is 17.6. The SMILES string of the molecule is Cn1c(C2C(=N)N(Cc3ccccc3)CC2=O)[n+](C)c2ccccc21. The number of ketones is 1. The molecular formula is C20H21N4O+. The lowest BCUT2D eigenvalue weighted by atomic mass is 10.1. The van der Waals surface area contributed by atoms with Crippen molar-refractivity contribution >= 4 is 22.7 Å². The van der Waals surface area contributed by atoms with Crippen LogP contribution in [0.4, 0.5) is 0 Å². The topological polar surface area (TPSA) is 53.0 Å². The van der Waals surface area contributed by atoms with Gasteiger partial charge in [-0.2, -0.15) is 0 Å². The molecule has 3 aromatic rings. The monoisotopic (exact) mass is 333 g/mol. The van der Waals surface area contributed by atoms with Gasteiger partial charge in [0.05, 0.1) is 20.6 Å². The van der Waals surface area contributed by atoms with Crippen molar-refractivity contribution in [1.82, 2.24) is 9.47 Å². The maximum atomic E-state index is 12.8. The number of nitrogens with one attached hydrogen (secondary N) is 1.